The highest BCUT2D eigenvalue weighted by atomic mass is 35.5. The first-order valence-corrected chi connectivity index (χ1v) is 9.87. The Morgan fingerprint density at radius 3 is 2.68 bits per heavy atom. The molecule has 28 heavy (non-hydrogen) atoms. The normalized spacial score (nSPS) is 13.5. The van der Waals surface area contributed by atoms with Gasteiger partial charge >= 0.3 is 0 Å². The molecule has 2 heterocycles. The predicted octanol–water partition coefficient (Wildman–Crippen LogP) is 3.97. The van der Waals surface area contributed by atoms with E-state index in [4.69, 9.17) is 23.2 Å². The van der Waals surface area contributed by atoms with Crippen molar-refractivity contribution in [2.24, 2.45) is 4.99 Å². The maximum atomic E-state index is 12.1. The molecule has 6 nitrogen and oxygen atoms in total. The van der Waals surface area contributed by atoms with Crippen molar-refractivity contribution in [1.29, 1.82) is 0 Å². The zero-order valence-electron chi connectivity index (χ0n) is 14.3. The number of amidine groups is 1. The Morgan fingerprint density at radius 2 is 2.00 bits per heavy atom. The third-order valence-corrected chi connectivity index (χ3v) is 5.96. The van der Waals surface area contributed by atoms with Crippen LogP contribution in [0.2, 0.25) is 10.0 Å². The summed E-state index contributed by atoms with van der Waals surface area (Å²) in [4.78, 5) is 27.1. The lowest BCUT2D eigenvalue weighted by molar-refractivity contribution is -0.118. The van der Waals surface area contributed by atoms with Crippen LogP contribution in [0, 0.1) is 0 Å². The Hall–Kier alpha value is -2.61. The molecule has 0 fully saturated rings. The number of carbonyl (C=O) groups is 2. The Morgan fingerprint density at radius 1 is 1.25 bits per heavy atom. The molecule has 0 saturated carbocycles. The van der Waals surface area contributed by atoms with E-state index in [0.717, 1.165) is 15.6 Å². The summed E-state index contributed by atoms with van der Waals surface area (Å²) in [6, 6.07) is 8.56. The van der Waals surface area contributed by atoms with Gasteiger partial charge in [0.2, 0.25) is 5.91 Å². The summed E-state index contributed by atoms with van der Waals surface area (Å²) in [5.74, 6) is -0.669. The van der Waals surface area contributed by atoms with Gasteiger partial charge in [-0.2, -0.15) is 0 Å². The molecule has 3 aromatic rings. The van der Waals surface area contributed by atoms with E-state index in [1.807, 2.05) is 17.5 Å². The van der Waals surface area contributed by atoms with Crippen LogP contribution in [0.15, 0.2) is 40.7 Å². The van der Waals surface area contributed by atoms with E-state index in [1.54, 1.807) is 18.2 Å². The van der Waals surface area contributed by atoms with Crippen molar-refractivity contribution in [3.63, 3.8) is 0 Å². The van der Waals surface area contributed by atoms with Gasteiger partial charge < -0.3 is 15.7 Å². The van der Waals surface area contributed by atoms with E-state index in [1.165, 1.54) is 11.3 Å². The molecular formula is C19H13Cl2N3O3S. The van der Waals surface area contributed by atoms with E-state index in [9.17, 15) is 14.7 Å². The largest absolute Gasteiger partial charge is 0.507 e. The van der Waals surface area contributed by atoms with Gasteiger partial charge in [0.15, 0.2) is 5.84 Å². The minimum absolute atomic E-state index is 0.0366. The summed E-state index contributed by atoms with van der Waals surface area (Å²) in [5.41, 5.74) is 2.11. The number of aliphatic imine (C=N–C) groups is 1. The number of anilines is 1. The Balaban J connectivity index is 1.59. The van der Waals surface area contributed by atoms with Crippen LogP contribution in [0.1, 0.15) is 11.1 Å². The summed E-state index contributed by atoms with van der Waals surface area (Å²) in [7, 11) is 0. The number of nitrogens with one attached hydrogen (secondary N) is 2. The lowest BCUT2D eigenvalue weighted by Gasteiger charge is -2.12. The average Bonchev–Trinajstić information content (AvgIpc) is 3.29. The van der Waals surface area contributed by atoms with Crippen LogP contribution in [0.4, 0.5) is 5.69 Å². The molecule has 0 unspecified atom stereocenters. The maximum Gasteiger partial charge on any atom is 0.291 e. The molecule has 0 atom stereocenters. The van der Waals surface area contributed by atoms with Crippen LogP contribution >= 0.6 is 34.5 Å². The van der Waals surface area contributed by atoms with Crippen molar-refractivity contribution < 1.29 is 14.7 Å². The molecule has 0 spiro atoms. The molecule has 1 aromatic heterocycles. The monoisotopic (exact) mass is 433 g/mol. The first kappa shape index (κ1) is 18.7. The van der Waals surface area contributed by atoms with Crippen molar-refractivity contribution in [3.8, 4) is 5.75 Å². The van der Waals surface area contributed by atoms with Crippen LogP contribution < -0.4 is 10.6 Å². The number of nitrogens with zero attached hydrogens (tertiary/aromatic N) is 1. The number of halogens is 2. The van der Waals surface area contributed by atoms with Crippen LogP contribution in [-0.2, 0) is 16.0 Å². The van der Waals surface area contributed by atoms with Gasteiger partial charge in [-0.1, -0.05) is 29.3 Å². The number of aromatic hydroxyl groups is 1. The quantitative estimate of drug-likeness (QED) is 0.581. The Kier molecular flexibility index (Phi) is 4.97. The fourth-order valence-electron chi connectivity index (χ4n) is 2.96. The SMILES string of the molecule is O=C1CN=C(C(=O)Nc2cc(Cl)c(Cc3ccc(O)c4ccsc34)c(Cl)c2)N1. The Labute approximate surface area is 173 Å². The molecule has 4 rings (SSSR count). The number of amides is 2. The topological polar surface area (TPSA) is 90.8 Å². The maximum absolute atomic E-state index is 12.1. The molecule has 1 aliphatic rings. The third-order valence-electron chi connectivity index (χ3n) is 4.30. The highest BCUT2D eigenvalue weighted by Crippen LogP contribution is 2.36. The molecule has 0 radical (unpaired) electrons. The van der Waals surface area contributed by atoms with E-state index in [2.05, 4.69) is 15.6 Å². The van der Waals surface area contributed by atoms with Crippen molar-refractivity contribution in [1.82, 2.24) is 5.32 Å². The molecule has 2 amide bonds. The molecule has 0 bridgehead atoms. The van der Waals surface area contributed by atoms with Crippen molar-refractivity contribution >= 4 is 68.0 Å². The zero-order chi connectivity index (χ0) is 19.8. The second-order valence-electron chi connectivity index (χ2n) is 6.17. The number of benzene rings is 2. The summed E-state index contributed by atoms with van der Waals surface area (Å²) < 4.78 is 0.972. The van der Waals surface area contributed by atoms with Crippen LogP contribution in [0.3, 0.4) is 0 Å². The lowest BCUT2D eigenvalue weighted by atomic mass is 10.0. The Bertz CT molecular complexity index is 1130. The van der Waals surface area contributed by atoms with Gasteiger partial charge in [-0.3, -0.25) is 14.6 Å². The molecule has 9 heteroatoms. The van der Waals surface area contributed by atoms with Gasteiger partial charge in [0.05, 0.1) is 0 Å². The van der Waals surface area contributed by atoms with Gasteiger partial charge in [0.1, 0.15) is 12.3 Å². The summed E-state index contributed by atoms with van der Waals surface area (Å²) in [6.07, 6.45) is 0.478. The number of fused-ring (bicyclic) bond motifs is 1. The highest BCUT2D eigenvalue weighted by Gasteiger charge is 2.21. The zero-order valence-corrected chi connectivity index (χ0v) is 16.6. The minimum Gasteiger partial charge on any atom is -0.507 e. The molecule has 3 N–H and O–H groups in total. The van der Waals surface area contributed by atoms with Crippen LogP contribution in [0.25, 0.3) is 10.1 Å². The molecule has 1 aliphatic heterocycles. The number of rotatable bonds is 4. The van der Waals surface area contributed by atoms with Crippen molar-refractivity contribution in [2.75, 3.05) is 11.9 Å². The number of hydrogen-bond donors (Lipinski definition) is 3. The number of thiophene rings is 1. The van der Waals surface area contributed by atoms with Crippen molar-refractivity contribution in [3.05, 3.63) is 56.9 Å². The summed E-state index contributed by atoms with van der Waals surface area (Å²) >= 11 is 14.4. The second kappa shape index (κ2) is 7.43. The highest BCUT2D eigenvalue weighted by molar-refractivity contribution is 7.17. The predicted molar refractivity (Wildman–Crippen MR) is 112 cm³/mol. The molecule has 0 aliphatic carbocycles. The van der Waals surface area contributed by atoms with Crippen LogP contribution in [-0.4, -0.2) is 29.3 Å². The third kappa shape index (κ3) is 3.56. The van der Waals surface area contributed by atoms with Gasteiger partial charge in [-0.15, -0.1) is 11.3 Å². The first-order chi connectivity index (χ1) is 13.4. The van der Waals surface area contributed by atoms with Gasteiger partial charge in [0.25, 0.3) is 5.91 Å². The molecule has 0 saturated heterocycles. The smallest absolute Gasteiger partial charge is 0.291 e. The average molecular weight is 434 g/mol. The number of carbonyl (C=O) groups excluding carboxylic acids is 2. The van der Waals surface area contributed by atoms with E-state index < -0.39 is 5.91 Å². The van der Waals surface area contributed by atoms with E-state index in [-0.39, 0.29) is 24.0 Å². The lowest BCUT2D eigenvalue weighted by Crippen LogP contribution is -2.34. The van der Waals surface area contributed by atoms with Crippen LogP contribution in [0.5, 0.6) is 5.75 Å². The number of phenols is 1. The number of hydrogen-bond acceptors (Lipinski definition) is 5. The standard InChI is InChI=1S/C19H13Cl2N3O3S/c20-13-6-10(23-19(27)18-22-8-16(26)24-18)7-14(21)12(13)5-9-1-2-15(25)11-3-4-28-17(9)11/h1-4,6-7,25H,5,8H2,(H,23,27)(H,22,24,26). The number of phenolic OH excluding ortho intramolecular Hbond substituents is 1. The second-order valence-corrected chi connectivity index (χ2v) is 7.90. The van der Waals surface area contributed by atoms with E-state index >= 15 is 0 Å². The molecular weight excluding hydrogens is 421 g/mol. The molecule has 142 valence electrons. The fraction of sp³-hybridized carbons (Fsp3) is 0.105. The fourth-order valence-corrected chi connectivity index (χ4v) is 4.51. The summed E-state index contributed by atoms with van der Waals surface area (Å²) in [5, 5.41) is 18.5. The van der Waals surface area contributed by atoms with Gasteiger partial charge in [-0.05, 0) is 40.8 Å². The van der Waals surface area contributed by atoms with Gasteiger partial charge in [-0.25, -0.2) is 0 Å². The first-order valence-electron chi connectivity index (χ1n) is 8.24. The summed E-state index contributed by atoms with van der Waals surface area (Å²) in [6.45, 7) is -0.0625. The van der Waals surface area contributed by atoms with E-state index in [0.29, 0.717) is 27.7 Å². The minimum atomic E-state index is -0.537. The van der Waals surface area contributed by atoms with Gasteiger partial charge in [0, 0.05) is 32.2 Å². The van der Waals surface area contributed by atoms with Crippen molar-refractivity contribution in [2.45, 2.75) is 6.42 Å². The molecule has 2 aromatic carbocycles.